The maximum Gasteiger partial charge on any atom is 0.251 e. The number of hydrogen-bond donors (Lipinski definition) is 1. The molecule has 1 saturated carbocycles. The Morgan fingerprint density at radius 3 is 2.68 bits per heavy atom. The predicted octanol–water partition coefficient (Wildman–Crippen LogP) is 3.74. The molecule has 104 valence electrons. The lowest BCUT2D eigenvalue weighted by atomic mass is 9.75. The van der Waals surface area contributed by atoms with E-state index < -0.39 is 5.82 Å². The summed E-state index contributed by atoms with van der Waals surface area (Å²) >= 11 is 6.08. The molecule has 1 amide bonds. The Labute approximate surface area is 118 Å². The third-order valence-corrected chi connectivity index (χ3v) is 4.48. The fraction of sp³-hybridized carbons (Fsp3) is 0.533. The molecule has 0 aromatic heterocycles. The highest BCUT2D eigenvalue weighted by molar-refractivity contribution is 6.18. The predicted molar refractivity (Wildman–Crippen MR) is 75.0 cm³/mol. The molecule has 1 aliphatic rings. The Balaban J connectivity index is 1.95. The smallest absolute Gasteiger partial charge is 0.251 e. The average molecular weight is 284 g/mol. The summed E-state index contributed by atoms with van der Waals surface area (Å²) in [5.74, 6) is -0.0527. The lowest BCUT2D eigenvalue weighted by Crippen LogP contribution is -2.40. The SMILES string of the molecule is O=C(NCC1(CCl)CCCCC1)c1cccc(F)c1. The third-order valence-electron chi connectivity index (χ3n) is 3.91. The standard InChI is InChI=1S/C15H19ClFNO/c16-10-15(7-2-1-3-8-15)11-18-14(19)12-5-4-6-13(17)9-12/h4-6,9H,1-3,7-8,10-11H2,(H,18,19). The second-order valence-corrected chi connectivity index (χ2v) is 5.65. The van der Waals surface area contributed by atoms with Crippen LogP contribution >= 0.6 is 11.6 Å². The van der Waals surface area contributed by atoms with Crippen molar-refractivity contribution in [2.75, 3.05) is 12.4 Å². The summed E-state index contributed by atoms with van der Waals surface area (Å²) in [6, 6.07) is 5.75. The van der Waals surface area contributed by atoms with E-state index in [1.807, 2.05) is 0 Å². The van der Waals surface area contributed by atoms with Gasteiger partial charge in [0.2, 0.25) is 0 Å². The van der Waals surface area contributed by atoms with Crippen LogP contribution in [0.1, 0.15) is 42.5 Å². The van der Waals surface area contributed by atoms with Crippen LogP contribution in [0.3, 0.4) is 0 Å². The van der Waals surface area contributed by atoms with Gasteiger partial charge in [-0.05, 0) is 31.0 Å². The van der Waals surface area contributed by atoms with Crippen LogP contribution < -0.4 is 5.32 Å². The summed E-state index contributed by atoms with van der Waals surface area (Å²) in [6.07, 6.45) is 5.70. The minimum absolute atomic E-state index is 0.0167. The van der Waals surface area contributed by atoms with Gasteiger partial charge in [0, 0.05) is 23.4 Å². The molecule has 0 bridgehead atoms. The molecule has 1 fully saturated rings. The van der Waals surface area contributed by atoms with E-state index in [1.54, 1.807) is 12.1 Å². The molecule has 0 heterocycles. The average Bonchev–Trinajstić information content (AvgIpc) is 2.46. The van der Waals surface area contributed by atoms with Crippen LogP contribution in [0.2, 0.25) is 0 Å². The van der Waals surface area contributed by atoms with Crippen molar-refractivity contribution < 1.29 is 9.18 Å². The number of nitrogens with one attached hydrogen (secondary N) is 1. The highest BCUT2D eigenvalue weighted by Crippen LogP contribution is 2.36. The van der Waals surface area contributed by atoms with Crippen molar-refractivity contribution >= 4 is 17.5 Å². The van der Waals surface area contributed by atoms with Gasteiger partial charge in [0.1, 0.15) is 5.82 Å². The van der Waals surface area contributed by atoms with E-state index in [9.17, 15) is 9.18 Å². The van der Waals surface area contributed by atoms with E-state index in [2.05, 4.69) is 5.32 Å². The van der Waals surface area contributed by atoms with Gasteiger partial charge in [0.25, 0.3) is 5.91 Å². The summed E-state index contributed by atoms with van der Waals surface area (Å²) in [7, 11) is 0. The van der Waals surface area contributed by atoms with E-state index >= 15 is 0 Å². The maximum atomic E-state index is 13.1. The van der Waals surface area contributed by atoms with Crippen LogP contribution in [-0.4, -0.2) is 18.3 Å². The lowest BCUT2D eigenvalue weighted by Gasteiger charge is -2.35. The van der Waals surface area contributed by atoms with Crippen LogP contribution in [0, 0.1) is 11.2 Å². The molecule has 0 aliphatic heterocycles. The number of hydrogen-bond acceptors (Lipinski definition) is 1. The molecule has 1 aliphatic carbocycles. The molecule has 1 aromatic rings. The van der Waals surface area contributed by atoms with Gasteiger partial charge < -0.3 is 5.32 Å². The normalized spacial score (nSPS) is 18.0. The van der Waals surface area contributed by atoms with Crippen LogP contribution in [0.25, 0.3) is 0 Å². The summed E-state index contributed by atoms with van der Waals surface area (Å²) in [6.45, 7) is 0.575. The molecule has 2 nitrogen and oxygen atoms in total. The van der Waals surface area contributed by atoms with Crippen molar-refractivity contribution in [3.8, 4) is 0 Å². The van der Waals surface area contributed by atoms with Crippen LogP contribution in [0.5, 0.6) is 0 Å². The molecule has 0 atom stereocenters. The number of alkyl halides is 1. The zero-order valence-electron chi connectivity index (χ0n) is 10.9. The van der Waals surface area contributed by atoms with E-state index in [1.165, 1.54) is 31.4 Å². The number of rotatable bonds is 4. The molecule has 0 radical (unpaired) electrons. The van der Waals surface area contributed by atoms with Crippen molar-refractivity contribution in [3.05, 3.63) is 35.6 Å². The first-order valence-corrected chi connectivity index (χ1v) is 7.28. The van der Waals surface area contributed by atoms with Crippen molar-refractivity contribution in [1.29, 1.82) is 0 Å². The molecular weight excluding hydrogens is 265 g/mol. The van der Waals surface area contributed by atoms with Crippen molar-refractivity contribution in [3.63, 3.8) is 0 Å². The fourth-order valence-corrected chi connectivity index (χ4v) is 3.02. The van der Waals surface area contributed by atoms with Crippen LogP contribution in [0.15, 0.2) is 24.3 Å². The molecule has 1 aromatic carbocycles. The van der Waals surface area contributed by atoms with Gasteiger partial charge in [0.15, 0.2) is 0 Å². The fourth-order valence-electron chi connectivity index (χ4n) is 2.66. The van der Waals surface area contributed by atoms with Crippen LogP contribution in [0.4, 0.5) is 4.39 Å². The van der Waals surface area contributed by atoms with E-state index in [-0.39, 0.29) is 11.3 Å². The maximum absolute atomic E-state index is 13.1. The Bertz CT molecular complexity index is 444. The van der Waals surface area contributed by atoms with Gasteiger partial charge >= 0.3 is 0 Å². The topological polar surface area (TPSA) is 29.1 Å². The molecule has 2 rings (SSSR count). The lowest BCUT2D eigenvalue weighted by molar-refractivity contribution is 0.0920. The molecule has 0 unspecified atom stereocenters. The third kappa shape index (κ3) is 3.69. The number of halogens is 2. The second kappa shape index (κ2) is 6.38. The highest BCUT2D eigenvalue weighted by Gasteiger charge is 2.31. The van der Waals surface area contributed by atoms with E-state index in [0.717, 1.165) is 12.8 Å². The summed E-state index contributed by atoms with van der Waals surface area (Å²) in [5, 5.41) is 2.90. The van der Waals surface area contributed by atoms with Crippen LogP contribution in [-0.2, 0) is 0 Å². The Morgan fingerprint density at radius 1 is 1.32 bits per heavy atom. The highest BCUT2D eigenvalue weighted by atomic mass is 35.5. The minimum Gasteiger partial charge on any atom is -0.351 e. The van der Waals surface area contributed by atoms with Crippen molar-refractivity contribution in [2.45, 2.75) is 32.1 Å². The molecule has 1 N–H and O–H groups in total. The van der Waals surface area contributed by atoms with Gasteiger partial charge in [-0.3, -0.25) is 4.79 Å². The molecule has 0 saturated heterocycles. The summed E-state index contributed by atoms with van der Waals surface area (Å²) in [4.78, 5) is 12.0. The van der Waals surface area contributed by atoms with E-state index in [0.29, 0.717) is 18.0 Å². The summed E-state index contributed by atoms with van der Waals surface area (Å²) in [5.41, 5.74) is 0.378. The summed E-state index contributed by atoms with van der Waals surface area (Å²) < 4.78 is 13.1. The van der Waals surface area contributed by atoms with Gasteiger partial charge in [0.05, 0.1) is 0 Å². The van der Waals surface area contributed by atoms with Crippen molar-refractivity contribution in [1.82, 2.24) is 5.32 Å². The zero-order valence-corrected chi connectivity index (χ0v) is 11.7. The Hall–Kier alpha value is -1.09. The molecule has 4 heteroatoms. The number of carbonyl (C=O) groups excluding carboxylic acids is 1. The number of amides is 1. The quantitative estimate of drug-likeness (QED) is 0.838. The van der Waals surface area contributed by atoms with Gasteiger partial charge in [-0.2, -0.15) is 0 Å². The zero-order chi connectivity index (χ0) is 13.7. The first-order valence-electron chi connectivity index (χ1n) is 6.75. The van der Waals surface area contributed by atoms with Gasteiger partial charge in [-0.1, -0.05) is 25.3 Å². The first-order chi connectivity index (χ1) is 9.15. The second-order valence-electron chi connectivity index (χ2n) is 5.39. The monoisotopic (exact) mass is 283 g/mol. The molecular formula is C15H19ClFNO. The number of carbonyl (C=O) groups is 1. The molecule has 0 spiro atoms. The van der Waals surface area contributed by atoms with Gasteiger partial charge in [-0.25, -0.2) is 4.39 Å². The Morgan fingerprint density at radius 2 is 2.05 bits per heavy atom. The van der Waals surface area contributed by atoms with Gasteiger partial charge in [-0.15, -0.1) is 11.6 Å². The first kappa shape index (κ1) is 14.3. The van der Waals surface area contributed by atoms with Crippen molar-refractivity contribution in [2.24, 2.45) is 5.41 Å². The Kier molecular flexibility index (Phi) is 4.81. The largest absolute Gasteiger partial charge is 0.351 e. The minimum atomic E-state index is -0.391. The molecule has 19 heavy (non-hydrogen) atoms. The van der Waals surface area contributed by atoms with E-state index in [4.69, 9.17) is 11.6 Å². The number of benzene rings is 1.